The highest BCUT2D eigenvalue weighted by molar-refractivity contribution is 5.70. The highest BCUT2D eigenvalue weighted by Gasteiger charge is 2.67. The number of carbonyl (C=O) groups excluding carboxylic acids is 2. The second-order valence-corrected chi connectivity index (χ2v) is 11.4. The molecule has 0 N–H and O–H groups in total. The van der Waals surface area contributed by atoms with Crippen LogP contribution in [0.5, 0.6) is 11.5 Å². The first-order chi connectivity index (χ1) is 19.5. The minimum atomic E-state index is -0.341. The van der Waals surface area contributed by atoms with Gasteiger partial charge in [-0.25, -0.2) is 4.79 Å². The van der Waals surface area contributed by atoms with E-state index in [1.165, 1.54) is 18.1 Å². The number of amides is 1. The molecule has 1 saturated carbocycles. The van der Waals surface area contributed by atoms with Crippen LogP contribution in [0.25, 0.3) is 0 Å². The normalized spacial score (nSPS) is 27.3. The van der Waals surface area contributed by atoms with Crippen molar-refractivity contribution in [2.45, 2.75) is 69.5 Å². The number of ether oxygens (including phenoxy) is 4. The Kier molecular flexibility index (Phi) is 6.17. The number of piperidine rings is 1. The maximum atomic E-state index is 13.4. The predicted molar refractivity (Wildman–Crippen MR) is 147 cm³/mol. The average molecular weight is 540 g/mol. The van der Waals surface area contributed by atoms with E-state index in [2.05, 4.69) is 6.07 Å². The summed E-state index contributed by atoms with van der Waals surface area (Å²) in [5, 5.41) is 0. The van der Waals surface area contributed by atoms with E-state index in [0.29, 0.717) is 19.6 Å². The zero-order chi connectivity index (χ0) is 27.3. The summed E-state index contributed by atoms with van der Waals surface area (Å²) in [6.07, 6.45) is 2.08. The van der Waals surface area contributed by atoms with Crippen molar-refractivity contribution in [3.8, 4) is 11.5 Å². The van der Waals surface area contributed by atoms with Gasteiger partial charge < -0.3 is 23.8 Å². The van der Waals surface area contributed by atoms with Crippen LogP contribution in [0, 0.1) is 5.92 Å². The van der Waals surface area contributed by atoms with Crippen LogP contribution in [0.15, 0.2) is 72.8 Å². The van der Waals surface area contributed by atoms with Crippen molar-refractivity contribution in [3.63, 3.8) is 0 Å². The van der Waals surface area contributed by atoms with E-state index in [1.807, 2.05) is 71.6 Å². The molecule has 7 nitrogen and oxygen atoms in total. The Bertz CT molecular complexity index is 1430. The molecule has 1 saturated heterocycles. The number of likely N-dealkylation sites (tertiary alicyclic amines) is 1. The summed E-state index contributed by atoms with van der Waals surface area (Å²) in [7, 11) is 0. The van der Waals surface area contributed by atoms with Crippen molar-refractivity contribution in [3.05, 3.63) is 95.1 Å². The van der Waals surface area contributed by atoms with Crippen molar-refractivity contribution in [2.75, 3.05) is 6.54 Å². The molecule has 2 bridgehead atoms. The third-order valence-corrected chi connectivity index (χ3v) is 9.24. The Labute approximate surface area is 234 Å². The molecule has 5 atom stereocenters. The quantitative estimate of drug-likeness (QED) is 0.381. The molecule has 7 rings (SSSR count). The second kappa shape index (κ2) is 9.88. The second-order valence-electron chi connectivity index (χ2n) is 11.4. The lowest BCUT2D eigenvalue weighted by atomic mass is 9.51. The lowest BCUT2D eigenvalue weighted by molar-refractivity contribution is -0.163. The SMILES string of the molecule is CC(=O)O[C@H]1CCC2C3Cc4ccc(OCc5ccccc5)c5c4C2(CCN3C(=O)OCc2ccccc2)[C@H]1O5. The minimum Gasteiger partial charge on any atom is -0.485 e. The highest BCUT2D eigenvalue weighted by Crippen LogP contribution is 2.64. The van der Waals surface area contributed by atoms with E-state index in [4.69, 9.17) is 18.9 Å². The molecule has 1 amide bonds. The summed E-state index contributed by atoms with van der Waals surface area (Å²) in [4.78, 5) is 27.4. The van der Waals surface area contributed by atoms with E-state index in [9.17, 15) is 9.59 Å². The standard InChI is InChI=1S/C33H33NO6/c1-21(35)39-28-15-13-25-26-18-24-12-14-27(37-19-22-8-4-2-5-9-22)30-29(24)33(25,31(28)40-30)16-17-34(26)32(36)38-20-23-10-6-3-7-11-23/h2-12,14,25-26,28,31H,13,15-20H2,1H3/t25?,26?,28-,31-,33?/m0/s1. The van der Waals surface area contributed by atoms with Gasteiger partial charge in [0.25, 0.3) is 0 Å². The summed E-state index contributed by atoms with van der Waals surface area (Å²) < 4.78 is 24.8. The molecule has 3 unspecified atom stereocenters. The Morgan fingerprint density at radius 1 is 0.950 bits per heavy atom. The van der Waals surface area contributed by atoms with Crippen LogP contribution in [-0.4, -0.2) is 41.8 Å². The first-order valence-electron chi connectivity index (χ1n) is 14.2. The summed E-state index contributed by atoms with van der Waals surface area (Å²) in [6.45, 7) is 2.71. The maximum Gasteiger partial charge on any atom is 0.410 e. The van der Waals surface area contributed by atoms with E-state index in [-0.39, 0.29) is 48.3 Å². The zero-order valence-electron chi connectivity index (χ0n) is 22.6. The Balaban J connectivity index is 1.22. The number of hydrogen-bond acceptors (Lipinski definition) is 6. The molecule has 2 fully saturated rings. The van der Waals surface area contributed by atoms with Crippen molar-refractivity contribution in [1.82, 2.24) is 4.90 Å². The van der Waals surface area contributed by atoms with Gasteiger partial charge in [-0.05, 0) is 54.4 Å². The fourth-order valence-electron chi connectivity index (χ4n) is 7.70. The average Bonchev–Trinajstić information content (AvgIpc) is 3.32. The lowest BCUT2D eigenvalue weighted by Crippen LogP contribution is -2.68. The van der Waals surface area contributed by atoms with Crippen LogP contribution in [-0.2, 0) is 39.3 Å². The Hall–Kier alpha value is -4.00. The fourth-order valence-corrected chi connectivity index (χ4v) is 7.70. The number of nitrogens with zero attached hydrogens (tertiary/aromatic N) is 1. The van der Waals surface area contributed by atoms with Crippen molar-refractivity contribution < 1.29 is 28.5 Å². The zero-order valence-corrected chi connectivity index (χ0v) is 22.6. The van der Waals surface area contributed by atoms with Gasteiger partial charge in [0.05, 0.1) is 0 Å². The van der Waals surface area contributed by atoms with Gasteiger partial charge in [-0.15, -0.1) is 0 Å². The van der Waals surface area contributed by atoms with Gasteiger partial charge in [0, 0.05) is 30.5 Å². The molecule has 3 aromatic rings. The third kappa shape index (κ3) is 4.02. The van der Waals surface area contributed by atoms with Crippen LogP contribution in [0.2, 0.25) is 0 Å². The monoisotopic (exact) mass is 539 g/mol. The number of rotatable bonds is 6. The maximum absolute atomic E-state index is 13.4. The summed E-state index contributed by atoms with van der Waals surface area (Å²) >= 11 is 0. The molecule has 2 aliphatic heterocycles. The van der Waals surface area contributed by atoms with Gasteiger partial charge in [-0.3, -0.25) is 4.79 Å². The van der Waals surface area contributed by atoms with E-state index in [1.54, 1.807) is 0 Å². The fraction of sp³-hybridized carbons (Fsp3) is 0.394. The molecule has 206 valence electrons. The van der Waals surface area contributed by atoms with Gasteiger partial charge in [0.2, 0.25) is 0 Å². The van der Waals surface area contributed by atoms with E-state index in [0.717, 1.165) is 41.9 Å². The van der Waals surface area contributed by atoms with Crippen LogP contribution in [0.3, 0.4) is 0 Å². The summed E-state index contributed by atoms with van der Waals surface area (Å²) in [5.41, 5.74) is 4.08. The largest absolute Gasteiger partial charge is 0.485 e. The van der Waals surface area contributed by atoms with E-state index < -0.39 is 0 Å². The molecule has 0 aromatic heterocycles. The van der Waals surface area contributed by atoms with Crippen LogP contribution >= 0.6 is 0 Å². The smallest absolute Gasteiger partial charge is 0.410 e. The van der Waals surface area contributed by atoms with Gasteiger partial charge in [0.15, 0.2) is 11.5 Å². The minimum absolute atomic E-state index is 0.00376. The third-order valence-electron chi connectivity index (χ3n) is 9.24. The summed E-state index contributed by atoms with van der Waals surface area (Å²) in [5.74, 6) is 1.38. The van der Waals surface area contributed by atoms with E-state index >= 15 is 0 Å². The first-order valence-corrected chi connectivity index (χ1v) is 14.2. The molecular weight excluding hydrogens is 506 g/mol. The molecular formula is C33H33NO6. The van der Waals surface area contributed by atoms with Gasteiger partial charge in [-0.1, -0.05) is 66.7 Å². The van der Waals surface area contributed by atoms with Gasteiger partial charge in [-0.2, -0.15) is 0 Å². The molecule has 3 aromatic carbocycles. The number of benzene rings is 3. The summed E-state index contributed by atoms with van der Waals surface area (Å²) in [6, 6.07) is 24.0. The molecule has 4 aliphatic rings. The highest BCUT2D eigenvalue weighted by atomic mass is 16.6. The molecule has 0 radical (unpaired) electrons. The van der Waals surface area contributed by atoms with Crippen LogP contribution in [0.1, 0.15) is 48.4 Å². The van der Waals surface area contributed by atoms with Crippen LogP contribution < -0.4 is 9.47 Å². The molecule has 40 heavy (non-hydrogen) atoms. The van der Waals surface area contributed by atoms with Gasteiger partial charge >= 0.3 is 12.1 Å². The number of hydrogen-bond donors (Lipinski definition) is 0. The molecule has 2 heterocycles. The van der Waals surface area contributed by atoms with Gasteiger partial charge in [0.1, 0.15) is 25.4 Å². The molecule has 7 heteroatoms. The number of carbonyl (C=O) groups is 2. The van der Waals surface area contributed by atoms with Crippen molar-refractivity contribution >= 4 is 12.1 Å². The van der Waals surface area contributed by atoms with Crippen molar-refractivity contribution in [1.29, 1.82) is 0 Å². The first kappa shape index (κ1) is 25.0. The Morgan fingerprint density at radius 3 is 2.40 bits per heavy atom. The number of esters is 1. The molecule has 1 spiro atoms. The van der Waals surface area contributed by atoms with Crippen molar-refractivity contribution in [2.24, 2.45) is 5.92 Å². The lowest BCUT2D eigenvalue weighted by Gasteiger charge is -2.58. The van der Waals surface area contributed by atoms with Crippen LogP contribution in [0.4, 0.5) is 4.79 Å². The molecule has 2 aliphatic carbocycles. The Morgan fingerprint density at radius 2 is 1.68 bits per heavy atom. The predicted octanol–water partition coefficient (Wildman–Crippen LogP) is 5.57. The topological polar surface area (TPSA) is 74.3 Å².